The molecule has 0 spiro atoms. The molecule has 3 rings (SSSR count). The fraction of sp³-hybridized carbons (Fsp3) is 0.357. The average molecular weight is 324 g/mol. The van der Waals surface area contributed by atoms with Gasteiger partial charge in [0.1, 0.15) is 11.3 Å². The van der Waals surface area contributed by atoms with E-state index >= 15 is 0 Å². The van der Waals surface area contributed by atoms with E-state index < -0.39 is 0 Å². The average Bonchev–Trinajstić information content (AvgIpc) is 3.00. The number of hydrogen-bond donors (Lipinski definition) is 0. The van der Waals surface area contributed by atoms with Gasteiger partial charge in [0.15, 0.2) is 5.65 Å². The molecule has 0 saturated carbocycles. The number of rotatable bonds is 5. The molecule has 0 atom stereocenters. The van der Waals surface area contributed by atoms with Crippen molar-refractivity contribution in [2.75, 3.05) is 5.88 Å². The second-order valence-electron chi connectivity index (χ2n) is 4.81. The lowest BCUT2D eigenvalue weighted by Crippen LogP contribution is -2.09. The van der Waals surface area contributed by atoms with E-state index in [4.69, 9.17) is 23.2 Å². The first kappa shape index (κ1) is 14.4. The van der Waals surface area contributed by atoms with Crippen molar-refractivity contribution in [2.24, 2.45) is 7.05 Å². The van der Waals surface area contributed by atoms with Crippen LogP contribution in [0.15, 0.2) is 24.5 Å². The maximum Gasteiger partial charge on any atom is 0.160 e. The maximum absolute atomic E-state index is 5.99. The van der Waals surface area contributed by atoms with Crippen LogP contribution in [0.5, 0.6) is 0 Å². The third-order valence-electron chi connectivity index (χ3n) is 3.46. The summed E-state index contributed by atoms with van der Waals surface area (Å²) in [6.45, 7) is 0.789. The monoisotopic (exact) mass is 323 g/mol. The standard InChI is InChI=1S/C14H15Cl2N5/c1-20-11(3-6-18-20)4-7-21-13(2-5-15)19-12-8-10(16)9-17-14(12)21/h3,6,8-9H,2,4-5,7H2,1H3. The van der Waals surface area contributed by atoms with Gasteiger partial charge in [-0.25, -0.2) is 9.97 Å². The van der Waals surface area contributed by atoms with Gasteiger partial charge in [-0.1, -0.05) is 11.6 Å². The third-order valence-corrected chi connectivity index (χ3v) is 3.86. The van der Waals surface area contributed by atoms with Crippen molar-refractivity contribution in [3.8, 4) is 0 Å². The molecule has 0 amide bonds. The summed E-state index contributed by atoms with van der Waals surface area (Å²) in [5.74, 6) is 1.47. The Labute approximate surface area is 132 Å². The van der Waals surface area contributed by atoms with Gasteiger partial charge in [0.2, 0.25) is 0 Å². The molecule has 0 radical (unpaired) electrons. The molecular formula is C14H15Cl2N5. The number of alkyl halides is 1. The quantitative estimate of drug-likeness (QED) is 0.678. The van der Waals surface area contributed by atoms with Crippen molar-refractivity contribution in [1.29, 1.82) is 0 Å². The fourth-order valence-corrected chi connectivity index (χ4v) is 2.74. The van der Waals surface area contributed by atoms with E-state index in [1.54, 1.807) is 12.4 Å². The van der Waals surface area contributed by atoms with Gasteiger partial charge < -0.3 is 4.57 Å². The Hall–Kier alpha value is -1.59. The summed E-state index contributed by atoms with van der Waals surface area (Å²) in [7, 11) is 1.94. The van der Waals surface area contributed by atoms with Crippen LogP contribution in [0.25, 0.3) is 11.2 Å². The number of pyridine rings is 1. The molecule has 0 unspecified atom stereocenters. The molecule has 7 heteroatoms. The molecule has 21 heavy (non-hydrogen) atoms. The van der Waals surface area contributed by atoms with Crippen LogP contribution in [0.3, 0.4) is 0 Å². The Morgan fingerprint density at radius 3 is 2.86 bits per heavy atom. The summed E-state index contributed by atoms with van der Waals surface area (Å²) in [4.78, 5) is 9.00. The third kappa shape index (κ3) is 2.89. The molecule has 0 aliphatic heterocycles. The predicted molar refractivity (Wildman–Crippen MR) is 83.9 cm³/mol. The van der Waals surface area contributed by atoms with E-state index in [2.05, 4.69) is 19.6 Å². The van der Waals surface area contributed by atoms with Gasteiger partial charge in [0.25, 0.3) is 0 Å². The van der Waals surface area contributed by atoms with Crippen LogP contribution in [0, 0.1) is 0 Å². The van der Waals surface area contributed by atoms with Crippen LogP contribution >= 0.6 is 23.2 Å². The topological polar surface area (TPSA) is 48.5 Å². The molecule has 0 bridgehead atoms. The number of aryl methyl sites for hydroxylation is 4. The SMILES string of the molecule is Cn1nccc1CCn1c(CCCl)nc2cc(Cl)cnc21. The molecule has 0 aromatic carbocycles. The van der Waals surface area contributed by atoms with Gasteiger partial charge >= 0.3 is 0 Å². The zero-order valence-corrected chi connectivity index (χ0v) is 13.1. The number of halogens is 2. The Bertz CT molecular complexity index is 762. The van der Waals surface area contributed by atoms with Crippen LogP contribution in [0.4, 0.5) is 0 Å². The summed E-state index contributed by atoms with van der Waals surface area (Å²) in [6, 6.07) is 3.85. The molecule has 5 nitrogen and oxygen atoms in total. The Balaban J connectivity index is 1.95. The van der Waals surface area contributed by atoms with Gasteiger partial charge in [-0.3, -0.25) is 4.68 Å². The number of hydrogen-bond acceptors (Lipinski definition) is 3. The summed E-state index contributed by atoms with van der Waals surface area (Å²) in [5, 5.41) is 4.78. The molecular weight excluding hydrogens is 309 g/mol. The lowest BCUT2D eigenvalue weighted by atomic mass is 10.3. The molecule has 0 aliphatic carbocycles. The van der Waals surface area contributed by atoms with Crippen molar-refractivity contribution >= 4 is 34.4 Å². The number of aromatic nitrogens is 5. The Kier molecular flexibility index (Phi) is 4.12. The maximum atomic E-state index is 5.99. The highest BCUT2D eigenvalue weighted by Gasteiger charge is 2.12. The van der Waals surface area contributed by atoms with Gasteiger partial charge in [-0.15, -0.1) is 11.6 Å². The number of nitrogens with zero attached hydrogens (tertiary/aromatic N) is 5. The summed E-state index contributed by atoms with van der Waals surface area (Å²) in [6.07, 6.45) is 5.03. The van der Waals surface area contributed by atoms with Crippen LogP contribution in [-0.2, 0) is 26.4 Å². The zero-order valence-electron chi connectivity index (χ0n) is 11.6. The second kappa shape index (κ2) is 6.03. The van der Waals surface area contributed by atoms with Crippen molar-refractivity contribution in [2.45, 2.75) is 19.4 Å². The lowest BCUT2D eigenvalue weighted by molar-refractivity contribution is 0.625. The van der Waals surface area contributed by atoms with Crippen molar-refractivity contribution < 1.29 is 0 Å². The van der Waals surface area contributed by atoms with E-state index in [1.165, 1.54) is 5.69 Å². The van der Waals surface area contributed by atoms with E-state index in [9.17, 15) is 0 Å². The van der Waals surface area contributed by atoms with Crippen molar-refractivity contribution in [3.63, 3.8) is 0 Å². The highest BCUT2D eigenvalue weighted by Crippen LogP contribution is 2.19. The van der Waals surface area contributed by atoms with Crippen LogP contribution in [-0.4, -0.2) is 30.2 Å². The highest BCUT2D eigenvalue weighted by molar-refractivity contribution is 6.31. The summed E-state index contributed by atoms with van der Waals surface area (Å²) >= 11 is 11.9. The minimum Gasteiger partial charge on any atom is -0.312 e. The zero-order chi connectivity index (χ0) is 14.8. The number of imidazole rings is 1. The van der Waals surface area contributed by atoms with Gasteiger partial charge in [0, 0.05) is 50.4 Å². The number of fused-ring (bicyclic) bond motifs is 1. The molecule has 3 heterocycles. The molecule has 0 fully saturated rings. The fourth-order valence-electron chi connectivity index (χ4n) is 2.42. The minimum absolute atomic E-state index is 0.531. The van der Waals surface area contributed by atoms with Crippen LogP contribution in [0.1, 0.15) is 11.5 Å². The molecule has 0 N–H and O–H groups in total. The van der Waals surface area contributed by atoms with Gasteiger partial charge in [0.05, 0.1) is 5.02 Å². The first-order chi connectivity index (χ1) is 10.2. The minimum atomic E-state index is 0.531. The van der Waals surface area contributed by atoms with Gasteiger partial charge in [-0.05, 0) is 12.1 Å². The van der Waals surface area contributed by atoms with E-state index in [-0.39, 0.29) is 0 Å². The lowest BCUT2D eigenvalue weighted by Gasteiger charge is -2.08. The van der Waals surface area contributed by atoms with E-state index in [0.29, 0.717) is 17.3 Å². The normalized spacial score (nSPS) is 11.4. The second-order valence-corrected chi connectivity index (χ2v) is 5.63. The molecule has 0 aliphatic rings. The molecule has 0 saturated heterocycles. The summed E-state index contributed by atoms with van der Waals surface area (Å²) in [5.41, 5.74) is 2.83. The molecule has 3 aromatic heterocycles. The summed E-state index contributed by atoms with van der Waals surface area (Å²) < 4.78 is 3.99. The van der Waals surface area contributed by atoms with Crippen molar-refractivity contribution in [3.05, 3.63) is 41.1 Å². The Morgan fingerprint density at radius 2 is 2.14 bits per heavy atom. The van der Waals surface area contributed by atoms with Gasteiger partial charge in [-0.2, -0.15) is 5.10 Å². The van der Waals surface area contributed by atoms with Crippen molar-refractivity contribution in [1.82, 2.24) is 24.3 Å². The van der Waals surface area contributed by atoms with Crippen LogP contribution in [0.2, 0.25) is 5.02 Å². The molecule has 3 aromatic rings. The largest absolute Gasteiger partial charge is 0.312 e. The first-order valence-corrected chi connectivity index (χ1v) is 7.64. The molecule has 110 valence electrons. The first-order valence-electron chi connectivity index (χ1n) is 6.72. The van der Waals surface area contributed by atoms with E-state index in [1.807, 2.05) is 23.9 Å². The van der Waals surface area contributed by atoms with Crippen LogP contribution < -0.4 is 0 Å². The highest BCUT2D eigenvalue weighted by atomic mass is 35.5. The predicted octanol–water partition coefficient (Wildman–Crippen LogP) is 2.84. The van der Waals surface area contributed by atoms with E-state index in [0.717, 1.165) is 30.0 Å². The smallest absolute Gasteiger partial charge is 0.160 e. The Morgan fingerprint density at radius 1 is 1.29 bits per heavy atom.